The van der Waals surface area contributed by atoms with E-state index in [2.05, 4.69) is 15.5 Å². The first-order chi connectivity index (χ1) is 21.2. The molecule has 2 aromatic heterocycles. The van der Waals surface area contributed by atoms with Crippen molar-refractivity contribution in [3.8, 4) is 11.1 Å². The second kappa shape index (κ2) is 12.2. The Balaban J connectivity index is 1.20. The van der Waals surface area contributed by atoms with Gasteiger partial charge in [0.15, 0.2) is 5.78 Å². The molecule has 226 valence electrons. The van der Waals surface area contributed by atoms with Gasteiger partial charge in [-0.2, -0.15) is 10.2 Å². The zero-order chi connectivity index (χ0) is 31.0. The monoisotopic (exact) mass is 616 g/mol. The van der Waals surface area contributed by atoms with Crippen molar-refractivity contribution >= 4 is 51.7 Å². The van der Waals surface area contributed by atoms with Gasteiger partial charge in [-0.1, -0.05) is 29.8 Å². The number of hydrogen-bond donors (Lipinski definition) is 1. The van der Waals surface area contributed by atoms with Crippen molar-refractivity contribution in [1.82, 2.24) is 25.0 Å². The van der Waals surface area contributed by atoms with Gasteiger partial charge in [-0.15, -0.1) is 0 Å². The Morgan fingerprint density at radius 2 is 1.91 bits per heavy atom. The summed E-state index contributed by atoms with van der Waals surface area (Å²) in [6.45, 7) is 1.48. The van der Waals surface area contributed by atoms with Crippen LogP contribution >= 0.6 is 11.6 Å². The van der Waals surface area contributed by atoms with Crippen LogP contribution in [0.3, 0.4) is 0 Å². The summed E-state index contributed by atoms with van der Waals surface area (Å²) < 4.78 is 16.4. The molecule has 6 rings (SSSR count). The third kappa shape index (κ3) is 5.67. The zero-order valence-electron chi connectivity index (χ0n) is 24.0. The summed E-state index contributed by atoms with van der Waals surface area (Å²) in [6.07, 6.45) is 4.32. The minimum atomic E-state index is -1.39. The van der Waals surface area contributed by atoms with Crippen LogP contribution in [0.5, 0.6) is 0 Å². The van der Waals surface area contributed by atoms with Gasteiger partial charge in [0.25, 0.3) is 0 Å². The number of benzene rings is 2. The Morgan fingerprint density at radius 3 is 2.66 bits per heavy atom. The lowest BCUT2D eigenvalue weighted by Crippen LogP contribution is -2.56. The summed E-state index contributed by atoms with van der Waals surface area (Å²) in [6, 6.07) is 12.5. The van der Waals surface area contributed by atoms with Crippen LogP contribution in [0.25, 0.3) is 22.0 Å². The van der Waals surface area contributed by atoms with E-state index in [9.17, 15) is 23.6 Å². The minimum absolute atomic E-state index is 0.166. The third-order valence-corrected chi connectivity index (χ3v) is 8.57. The van der Waals surface area contributed by atoms with E-state index in [-0.39, 0.29) is 31.2 Å². The number of halogens is 2. The molecule has 0 bridgehead atoms. The lowest BCUT2D eigenvalue weighted by Gasteiger charge is -2.34. The van der Waals surface area contributed by atoms with Gasteiger partial charge in [0.1, 0.15) is 24.8 Å². The number of ketones is 1. The van der Waals surface area contributed by atoms with Crippen molar-refractivity contribution in [2.45, 2.75) is 51.0 Å². The van der Waals surface area contributed by atoms with Crippen LogP contribution in [0.4, 0.5) is 10.1 Å². The van der Waals surface area contributed by atoms with E-state index in [4.69, 9.17) is 11.6 Å². The Kier molecular flexibility index (Phi) is 8.13. The fourth-order valence-electron chi connectivity index (χ4n) is 6.08. The summed E-state index contributed by atoms with van der Waals surface area (Å²) in [4.78, 5) is 55.6. The molecule has 0 aliphatic carbocycles. The predicted octanol–water partition coefficient (Wildman–Crippen LogP) is 4.21. The largest absolute Gasteiger partial charge is 0.342 e. The van der Waals surface area contributed by atoms with E-state index in [1.54, 1.807) is 52.3 Å². The van der Waals surface area contributed by atoms with Crippen LogP contribution in [0, 0.1) is 0 Å². The molecule has 2 aliphatic rings. The topological polar surface area (TPSA) is 118 Å². The Labute approximate surface area is 257 Å². The number of carbonyl (C=O) groups excluding carboxylic acids is 4. The quantitative estimate of drug-likeness (QED) is 0.311. The lowest BCUT2D eigenvalue weighted by atomic mass is 10.0. The standard InChI is InChI=1S/C32H30ClFN6O4/c1-19(41)24-17-38(27-9-8-20(13-23(24)27)21-10-11-35-36-15-21)18-30(42)40-16-22(34)14-29(40)31(43)37-26-6-4-12-39(32(26)44)28-7-3-2-5-25(28)33/h2-3,5,7-11,13,15,17,22,26,29H,4,6,12,14,16,18H2,1H3,(H,37,43)/t22-,26?,29+/m0/s1. The summed E-state index contributed by atoms with van der Waals surface area (Å²) in [5.41, 5.74) is 3.31. The number of para-hydroxylation sites is 1. The third-order valence-electron chi connectivity index (χ3n) is 8.25. The number of fused-ring (bicyclic) bond motifs is 1. The molecule has 2 fully saturated rings. The first kappa shape index (κ1) is 29.4. The molecule has 3 atom stereocenters. The van der Waals surface area contributed by atoms with Crippen molar-refractivity contribution in [3.05, 3.63) is 77.7 Å². The lowest BCUT2D eigenvalue weighted by molar-refractivity contribution is -0.139. The average Bonchev–Trinajstić information content (AvgIpc) is 3.59. The summed E-state index contributed by atoms with van der Waals surface area (Å²) >= 11 is 6.31. The zero-order valence-corrected chi connectivity index (χ0v) is 24.7. The number of amides is 3. The maximum absolute atomic E-state index is 14.7. The molecule has 10 nitrogen and oxygen atoms in total. The molecule has 1 unspecified atom stereocenters. The normalized spacial score (nSPS) is 20.2. The first-order valence-electron chi connectivity index (χ1n) is 14.4. The van der Waals surface area contributed by atoms with Gasteiger partial charge in [-0.25, -0.2) is 4.39 Å². The molecule has 2 aromatic carbocycles. The van der Waals surface area contributed by atoms with E-state index in [1.165, 1.54) is 11.8 Å². The van der Waals surface area contributed by atoms with Gasteiger partial charge < -0.3 is 19.7 Å². The summed E-state index contributed by atoms with van der Waals surface area (Å²) in [5.74, 6) is -1.51. The molecule has 12 heteroatoms. The highest BCUT2D eigenvalue weighted by Gasteiger charge is 2.42. The molecule has 4 heterocycles. The van der Waals surface area contributed by atoms with Gasteiger partial charge >= 0.3 is 0 Å². The minimum Gasteiger partial charge on any atom is -0.342 e. The second-order valence-corrected chi connectivity index (χ2v) is 11.5. The molecular formula is C32H30ClFN6O4. The van der Waals surface area contributed by atoms with Crippen LogP contribution in [-0.4, -0.2) is 74.5 Å². The molecule has 2 aliphatic heterocycles. The van der Waals surface area contributed by atoms with Crippen molar-refractivity contribution in [3.63, 3.8) is 0 Å². The molecule has 4 aromatic rings. The average molecular weight is 617 g/mol. The number of rotatable bonds is 7. The van der Waals surface area contributed by atoms with E-state index in [1.807, 2.05) is 24.3 Å². The molecule has 44 heavy (non-hydrogen) atoms. The molecular weight excluding hydrogens is 587 g/mol. The van der Waals surface area contributed by atoms with E-state index in [0.717, 1.165) is 11.1 Å². The van der Waals surface area contributed by atoms with Crippen molar-refractivity contribution in [2.24, 2.45) is 0 Å². The highest BCUT2D eigenvalue weighted by atomic mass is 35.5. The number of nitrogens with one attached hydrogen (secondary N) is 1. The van der Waals surface area contributed by atoms with Gasteiger partial charge in [0, 0.05) is 41.2 Å². The number of carbonyl (C=O) groups is 4. The summed E-state index contributed by atoms with van der Waals surface area (Å²) in [7, 11) is 0. The molecule has 0 spiro atoms. The highest BCUT2D eigenvalue weighted by molar-refractivity contribution is 6.33. The highest BCUT2D eigenvalue weighted by Crippen LogP contribution is 2.31. The van der Waals surface area contributed by atoms with Crippen molar-refractivity contribution < 1.29 is 23.6 Å². The summed E-state index contributed by atoms with van der Waals surface area (Å²) in [5, 5.41) is 11.6. The van der Waals surface area contributed by atoms with Gasteiger partial charge in [-0.05, 0) is 55.7 Å². The maximum atomic E-state index is 14.7. The number of hydrogen-bond acceptors (Lipinski definition) is 6. The van der Waals surface area contributed by atoms with Crippen LogP contribution in [0.1, 0.15) is 36.5 Å². The molecule has 2 saturated heterocycles. The van der Waals surface area contributed by atoms with Crippen LogP contribution in [-0.2, 0) is 20.9 Å². The Morgan fingerprint density at radius 1 is 1.09 bits per heavy atom. The first-order valence-corrected chi connectivity index (χ1v) is 14.8. The fourth-order valence-corrected chi connectivity index (χ4v) is 6.32. The predicted molar refractivity (Wildman–Crippen MR) is 163 cm³/mol. The fraction of sp³-hybridized carbons (Fsp3) is 0.312. The van der Waals surface area contributed by atoms with Gasteiger partial charge in [-0.3, -0.25) is 19.2 Å². The number of piperidine rings is 1. The Hall–Kier alpha value is -4.64. The molecule has 3 amide bonds. The number of aromatic nitrogens is 3. The molecule has 0 saturated carbocycles. The molecule has 0 radical (unpaired) electrons. The smallest absolute Gasteiger partial charge is 0.249 e. The van der Waals surface area contributed by atoms with Gasteiger partial charge in [0.2, 0.25) is 17.7 Å². The number of likely N-dealkylation sites (tertiary alicyclic amines) is 1. The Bertz CT molecular complexity index is 1760. The maximum Gasteiger partial charge on any atom is 0.249 e. The number of Topliss-reactive ketones (excluding diaryl/α,β-unsaturated/α-hetero) is 1. The number of alkyl halides is 1. The number of nitrogens with zero attached hydrogens (tertiary/aromatic N) is 5. The van der Waals surface area contributed by atoms with Crippen molar-refractivity contribution in [2.75, 3.05) is 18.0 Å². The van der Waals surface area contributed by atoms with Crippen LogP contribution in [0.2, 0.25) is 5.02 Å². The molecule has 1 N–H and O–H groups in total. The van der Waals surface area contributed by atoms with E-state index >= 15 is 0 Å². The number of anilines is 1. The van der Waals surface area contributed by atoms with E-state index < -0.39 is 30.1 Å². The van der Waals surface area contributed by atoms with Crippen molar-refractivity contribution in [1.29, 1.82) is 0 Å². The van der Waals surface area contributed by atoms with Crippen LogP contribution in [0.15, 0.2) is 67.1 Å². The second-order valence-electron chi connectivity index (χ2n) is 11.1. The van der Waals surface area contributed by atoms with E-state index in [0.29, 0.717) is 46.6 Å². The van der Waals surface area contributed by atoms with Gasteiger partial charge in [0.05, 0.1) is 29.6 Å². The van der Waals surface area contributed by atoms with Crippen LogP contribution < -0.4 is 10.2 Å². The SMILES string of the molecule is CC(=O)c1cn(CC(=O)N2C[C@@H](F)C[C@@H]2C(=O)NC2CCCN(c3ccccc3Cl)C2=O)c2ccc(-c3ccnnc3)cc12.